The van der Waals surface area contributed by atoms with Gasteiger partial charge in [-0.2, -0.15) is 0 Å². The van der Waals surface area contributed by atoms with Gasteiger partial charge in [0.1, 0.15) is 0 Å². The molecule has 1 unspecified atom stereocenters. The first-order valence-electron chi connectivity index (χ1n) is 6.88. The van der Waals surface area contributed by atoms with Gasteiger partial charge in [-0.3, -0.25) is 0 Å². The molecule has 0 aliphatic rings. The third kappa shape index (κ3) is 3.53. The molecule has 1 aromatic carbocycles. The van der Waals surface area contributed by atoms with Gasteiger partial charge in [0.15, 0.2) is 0 Å². The van der Waals surface area contributed by atoms with Crippen molar-refractivity contribution >= 4 is 21.6 Å². The van der Waals surface area contributed by atoms with Gasteiger partial charge in [-0.1, -0.05) is 32.4 Å². The van der Waals surface area contributed by atoms with Gasteiger partial charge >= 0.3 is 0 Å². The van der Waals surface area contributed by atoms with Crippen LogP contribution in [-0.2, 0) is 6.42 Å². The number of fused-ring (bicyclic) bond motifs is 1. The molecule has 18 heavy (non-hydrogen) atoms. The maximum Gasteiger partial charge on any atom is 0.0941 e. The van der Waals surface area contributed by atoms with Gasteiger partial charge in [-0.25, -0.2) is 4.98 Å². The molecule has 0 fully saturated rings. The van der Waals surface area contributed by atoms with Crippen LogP contribution in [0.2, 0.25) is 0 Å². The lowest BCUT2D eigenvalue weighted by molar-refractivity contribution is 0.444. The van der Waals surface area contributed by atoms with E-state index in [9.17, 15) is 0 Å². The van der Waals surface area contributed by atoms with E-state index >= 15 is 0 Å². The molecule has 0 spiro atoms. The highest BCUT2D eigenvalue weighted by Gasteiger charge is 2.11. The predicted octanol–water partition coefficient (Wildman–Crippen LogP) is 3.86. The second-order valence-corrected chi connectivity index (χ2v) is 5.86. The van der Waals surface area contributed by atoms with Crippen LogP contribution in [0.1, 0.15) is 31.7 Å². The highest BCUT2D eigenvalue weighted by molar-refractivity contribution is 7.18. The standard InChI is InChI=1S/C15H22N2S/c1-3-7-12(11-16-4-2)10-15-17-13-8-5-6-9-14(13)18-15/h5-6,8-9,12,16H,3-4,7,10-11H2,1-2H3. The van der Waals surface area contributed by atoms with Crippen molar-refractivity contribution in [3.05, 3.63) is 29.3 Å². The SMILES string of the molecule is CCCC(CNCC)Cc1nc2ccccc2s1. The Labute approximate surface area is 113 Å². The molecule has 1 atom stereocenters. The van der Waals surface area contributed by atoms with Gasteiger partial charge < -0.3 is 5.32 Å². The monoisotopic (exact) mass is 262 g/mol. The second kappa shape index (κ2) is 6.86. The summed E-state index contributed by atoms with van der Waals surface area (Å²) in [6, 6.07) is 8.42. The first-order valence-corrected chi connectivity index (χ1v) is 7.70. The van der Waals surface area contributed by atoms with E-state index in [2.05, 4.69) is 43.4 Å². The minimum absolute atomic E-state index is 0.718. The van der Waals surface area contributed by atoms with Gasteiger partial charge in [0, 0.05) is 6.42 Å². The number of nitrogens with zero attached hydrogens (tertiary/aromatic N) is 1. The normalized spacial score (nSPS) is 13.0. The van der Waals surface area contributed by atoms with E-state index in [4.69, 9.17) is 4.98 Å². The summed E-state index contributed by atoms with van der Waals surface area (Å²) in [5.41, 5.74) is 1.15. The van der Waals surface area contributed by atoms with Crippen LogP contribution in [0.15, 0.2) is 24.3 Å². The molecule has 98 valence electrons. The lowest BCUT2D eigenvalue weighted by atomic mass is 10.0. The lowest BCUT2D eigenvalue weighted by Crippen LogP contribution is -2.23. The Morgan fingerprint density at radius 1 is 1.28 bits per heavy atom. The van der Waals surface area contributed by atoms with E-state index in [1.807, 2.05) is 11.3 Å². The predicted molar refractivity (Wildman–Crippen MR) is 80.3 cm³/mol. The number of benzene rings is 1. The average molecular weight is 262 g/mol. The van der Waals surface area contributed by atoms with Crippen LogP contribution in [0, 0.1) is 5.92 Å². The van der Waals surface area contributed by atoms with Crippen LogP contribution < -0.4 is 5.32 Å². The molecule has 1 heterocycles. The van der Waals surface area contributed by atoms with Gasteiger partial charge in [-0.05, 0) is 37.6 Å². The van der Waals surface area contributed by atoms with Crippen molar-refractivity contribution in [1.82, 2.24) is 10.3 Å². The Kier molecular flexibility index (Phi) is 5.14. The molecule has 2 rings (SSSR count). The lowest BCUT2D eigenvalue weighted by Gasteiger charge is -2.14. The minimum Gasteiger partial charge on any atom is -0.317 e. The average Bonchev–Trinajstić information content (AvgIpc) is 2.78. The molecule has 1 N–H and O–H groups in total. The summed E-state index contributed by atoms with van der Waals surface area (Å²) in [5.74, 6) is 0.718. The Balaban J connectivity index is 2.05. The summed E-state index contributed by atoms with van der Waals surface area (Å²) in [4.78, 5) is 4.73. The maximum atomic E-state index is 4.73. The smallest absolute Gasteiger partial charge is 0.0941 e. The van der Waals surface area contributed by atoms with Gasteiger partial charge in [0.25, 0.3) is 0 Å². The molecule has 0 radical (unpaired) electrons. The zero-order valence-corrected chi connectivity index (χ0v) is 12.1. The van der Waals surface area contributed by atoms with Crippen LogP contribution in [0.4, 0.5) is 0 Å². The third-order valence-corrected chi connectivity index (χ3v) is 4.24. The molecule has 1 aromatic heterocycles. The summed E-state index contributed by atoms with van der Waals surface area (Å²) in [7, 11) is 0. The van der Waals surface area contributed by atoms with E-state index in [0.717, 1.165) is 30.9 Å². The first kappa shape index (κ1) is 13.5. The van der Waals surface area contributed by atoms with Crippen molar-refractivity contribution in [3.63, 3.8) is 0 Å². The summed E-state index contributed by atoms with van der Waals surface area (Å²) in [6.45, 7) is 6.60. The van der Waals surface area contributed by atoms with E-state index < -0.39 is 0 Å². The third-order valence-electron chi connectivity index (χ3n) is 3.18. The number of hydrogen-bond donors (Lipinski definition) is 1. The maximum absolute atomic E-state index is 4.73. The first-order chi connectivity index (χ1) is 8.83. The molecular weight excluding hydrogens is 240 g/mol. The van der Waals surface area contributed by atoms with E-state index in [-0.39, 0.29) is 0 Å². The molecule has 0 aliphatic heterocycles. The molecule has 3 heteroatoms. The molecule has 0 saturated heterocycles. The fourth-order valence-electron chi connectivity index (χ4n) is 2.29. The second-order valence-electron chi connectivity index (χ2n) is 4.74. The van der Waals surface area contributed by atoms with E-state index in [0.29, 0.717) is 0 Å². The summed E-state index contributed by atoms with van der Waals surface area (Å²) in [6.07, 6.45) is 3.64. The van der Waals surface area contributed by atoms with Crippen molar-refractivity contribution < 1.29 is 0 Å². The number of rotatable bonds is 7. The van der Waals surface area contributed by atoms with Gasteiger partial charge in [0.05, 0.1) is 15.2 Å². The van der Waals surface area contributed by atoms with Gasteiger partial charge in [-0.15, -0.1) is 11.3 Å². The zero-order chi connectivity index (χ0) is 12.8. The van der Waals surface area contributed by atoms with Crippen molar-refractivity contribution in [2.24, 2.45) is 5.92 Å². The quantitative estimate of drug-likeness (QED) is 0.819. The highest BCUT2D eigenvalue weighted by atomic mass is 32.1. The number of nitrogens with one attached hydrogen (secondary N) is 1. The Bertz CT molecular complexity index is 445. The number of hydrogen-bond acceptors (Lipinski definition) is 3. The summed E-state index contributed by atoms with van der Waals surface area (Å²) >= 11 is 1.85. The Hall–Kier alpha value is -0.930. The van der Waals surface area contributed by atoms with Crippen molar-refractivity contribution in [3.8, 4) is 0 Å². The van der Waals surface area contributed by atoms with Crippen molar-refractivity contribution in [1.29, 1.82) is 0 Å². The molecule has 0 saturated carbocycles. The topological polar surface area (TPSA) is 24.9 Å². The number of para-hydroxylation sites is 1. The Morgan fingerprint density at radius 3 is 2.83 bits per heavy atom. The molecule has 0 aliphatic carbocycles. The zero-order valence-electron chi connectivity index (χ0n) is 11.3. The minimum atomic E-state index is 0.718. The van der Waals surface area contributed by atoms with Crippen molar-refractivity contribution in [2.45, 2.75) is 33.1 Å². The summed E-state index contributed by atoms with van der Waals surface area (Å²) < 4.78 is 1.31. The van der Waals surface area contributed by atoms with Crippen LogP contribution in [0.3, 0.4) is 0 Å². The van der Waals surface area contributed by atoms with E-state index in [1.165, 1.54) is 22.5 Å². The van der Waals surface area contributed by atoms with Gasteiger partial charge in [0.2, 0.25) is 0 Å². The largest absolute Gasteiger partial charge is 0.317 e. The van der Waals surface area contributed by atoms with Crippen LogP contribution in [0.5, 0.6) is 0 Å². The fraction of sp³-hybridized carbons (Fsp3) is 0.533. The van der Waals surface area contributed by atoms with Crippen LogP contribution >= 0.6 is 11.3 Å². The van der Waals surface area contributed by atoms with Crippen LogP contribution in [0.25, 0.3) is 10.2 Å². The Morgan fingerprint density at radius 2 is 2.11 bits per heavy atom. The summed E-state index contributed by atoms with van der Waals surface area (Å²) in [5, 5.41) is 4.75. The van der Waals surface area contributed by atoms with Crippen molar-refractivity contribution in [2.75, 3.05) is 13.1 Å². The fourth-order valence-corrected chi connectivity index (χ4v) is 3.37. The number of thiazole rings is 1. The molecule has 2 nitrogen and oxygen atoms in total. The number of aromatic nitrogens is 1. The molecule has 2 aromatic rings. The van der Waals surface area contributed by atoms with Crippen LogP contribution in [-0.4, -0.2) is 18.1 Å². The highest BCUT2D eigenvalue weighted by Crippen LogP contribution is 2.24. The molecule has 0 amide bonds. The molecule has 0 bridgehead atoms. The molecular formula is C15H22N2S. The van der Waals surface area contributed by atoms with E-state index in [1.54, 1.807) is 0 Å².